The highest BCUT2D eigenvalue weighted by molar-refractivity contribution is 5.85. The molecule has 112 valence electrons. The molecule has 1 saturated heterocycles. The van der Waals surface area contributed by atoms with Crippen LogP contribution in [0.15, 0.2) is 24.3 Å². The Balaban J connectivity index is 0.00000200. The number of carbonyl (C=O) groups is 1. The summed E-state index contributed by atoms with van der Waals surface area (Å²) in [6.07, 6.45) is 4.88. The van der Waals surface area contributed by atoms with Crippen LogP contribution in [-0.4, -0.2) is 25.0 Å². The second-order valence-electron chi connectivity index (χ2n) is 5.27. The van der Waals surface area contributed by atoms with Gasteiger partial charge in [0.1, 0.15) is 0 Å². The van der Waals surface area contributed by atoms with Crippen molar-refractivity contribution in [1.82, 2.24) is 10.6 Å². The number of aryl methyl sites for hydroxylation is 2. The summed E-state index contributed by atoms with van der Waals surface area (Å²) in [6.45, 7) is 4.01. The molecule has 1 atom stereocenters. The van der Waals surface area contributed by atoms with Crippen LogP contribution >= 0.6 is 12.4 Å². The van der Waals surface area contributed by atoms with Gasteiger partial charge in [-0.15, -0.1) is 12.4 Å². The van der Waals surface area contributed by atoms with E-state index in [1.807, 2.05) is 0 Å². The van der Waals surface area contributed by atoms with Gasteiger partial charge in [0, 0.05) is 19.0 Å². The van der Waals surface area contributed by atoms with Gasteiger partial charge in [-0.3, -0.25) is 4.79 Å². The summed E-state index contributed by atoms with van der Waals surface area (Å²) in [5, 5.41) is 6.40. The Kier molecular flexibility index (Phi) is 7.63. The van der Waals surface area contributed by atoms with Gasteiger partial charge < -0.3 is 10.6 Å². The first-order valence-electron chi connectivity index (χ1n) is 7.36. The highest BCUT2D eigenvalue weighted by atomic mass is 35.5. The first-order valence-corrected chi connectivity index (χ1v) is 7.36. The van der Waals surface area contributed by atoms with Crippen molar-refractivity contribution in [2.45, 2.75) is 45.1 Å². The SMILES string of the molecule is CCc1ccc(CCC(=O)NCC2CCCN2)cc1.Cl. The Bertz CT molecular complexity index is 399. The van der Waals surface area contributed by atoms with Crippen molar-refractivity contribution in [3.8, 4) is 0 Å². The number of hydrogen-bond acceptors (Lipinski definition) is 2. The molecule has 1 aromatic rings. The Morgan fingerprint density at radius 2 is 2.00 bits per heavy atom. The quantitative estimate of drug-likeness (QED) is 0.847. The summed E-state index contributed by atoms with van der Waals surface area (Å²) < 4.78 is 0. The van der Waals surface area contributed by atoms with Crippen LogP contribution in [-0.2, 0) is 17.6 Å². The molecule has 1 heterocycles. The normalized spacial score (nSPS) is 17.6. The molecule has 1 aliphatic heterocycles. The fourth-order valence-corrected chi connectivity index (χ4v) is 2.46. The minimum atomic E-state index is 0. The van der Waals surface area contributed by atoms with Crippen molar-refractivity contribution in [3.05, 3.63) is 35.4 Å². The topological polar surface area (TPSA) is 41.1 Å². The lowest BCUT2D eigenvalue weighted by Crippen LogP contribution is -2.37. The minimum Gasteiger partial charge on any atom is -0.355 e. The van der Waals surface area contributed by atoms with Gasteiger partial charge in [0.25, 0.3) is 0 Å². The number of halogens is 1. The Morgan fingerprint density at radius 3 is 2.60 bits per heavy atom. The second kappa shape index (κ2) is 8.98. The number of amides is 1. The van der Waals surface area contributed by atoms with Crippen LogP contribution in [0.3, 0.4) is 0 Å². The van der Waals surface area contributed by atoms with Crippen molar-refractivity contribution >= 4 is 18.3 Å². The lowest BCUT2D eigenvalue weighted by atomic mass is 10.1. The van der Waals surface area contributed by atoms with Gasteiger partial charge in [-0.1, -0.05) is 31.2 Å². The highest BCUT2D eigenvalue weighted by Gasteiger charge is 2.14. The highest BCUT2D eigenvalue weighted by Crippen LogP contribution is 2.07. The van der Waals surface area contributed by atoms with Crippen LogP contribution in [0.25, 0.3) is 0 Å². The van der Waals surface area contributed by atoms with Crippen molar-refractivity contribution in [1.29, 1.82) is 0 Å². The first-order chi connectivity index (χ1) is 9.28. The fourth-order valence-electron chi connectivity index (χ4n) is 2.46. The molecule has 4 heteroatoms. The maximum absolute atomic E-state index is 11.8. The molecule has 0 aliphatic carbocycles. The molecule has 0 spiro atoms. The third-order valence-electron chi connectivity index (χ3n) is 3.78. The molecule has 2 N–H and O–H groups in total. The number of rotatable bonds is 6. The van der Waals surface area contributed by atoms with E-state index in [1.165, 1.54) is 24.0 Å². The molecule has 0 saturated carbocycles. The van der Waals surface area contributed by atoms with Gasteiger partial charge in [0.15, 0.2) is 0 Å². The molecule has 0 radical (unpaired) electrons. The predicted molar refractivity (Wildman–Crippen MR) is 85.4 cm³/mol. The lowest BCUT2D eigenvalue weighted by Gasteiger charge is -2.11. The fraction of sp³-hybridized carbons (Fsp3) is 0.562. The monoisotopic (exact) mass is 296 g/mol. The Labute approximate surface area is 127 Å². The summed E-state index contributed by atoms with van der Waals surface area (Å²) in [7, 11) is 0. The first kappa shape index (κ1) is 17.0. The number of nitrogens with one attached hydrogen (secondary N) is 2. The maximum atomic E-state index is 11.8. The Hall–Kier alpha value is -1.06. The maximum Gasteiger partial charge on any atom is 0.220 e. The van der Waals surface area contributed by atoms with Crippen LogP contribution in [0.4, 0.5) is 0 Å². The minimum absolute atomic E-state index is 0. The number of hydrogen-bond donors (Lipinski definition) is 2. The summed E-state index contributed by atoms with van der Waals surface area (Å²) in [5.41, 5.74) is 2.59. The average molecular weight is 297 g/mol. The molecule has 1 unspecified atom stereocenters. The van der Waals surface area contributed by atoms with E-state index in [2.05, 4.69) is 41.8 Å². The van der Waals surface area contributed by atoms with Crippen LogP contribution in [0.5, 0.6) is 0 Å². The van der Waals surface area contributed by atoms with E-state index in [4.69, 9.17) is 0 Å². The van der Waals surface area contributed by atoms with Crippen molar-refractivity contribution in [2.75, 3.05) is 13.1 Å². The standard InChI is InChI=1S/C16H24N2O.ClH/c1-2-13-5-7-14(8-6-13)9-10-16(19)18-12-15-4-3-11-17-15;/h5-8,15,17H,2-4,9-12H2,1H3,(H,18,19);1H. The molecule has 1 aliphatic rings. The van der Waals surface area contributed by atoms with E-state index < -0.39 is 0 Å². The summed E-state index contributed by atoms with van der Waals surface area (Å²) in [4.78, 5) is 11.8. The molecule has 0 aromatic heterocycles. The molecule has 20 heavy (non-hydrogen) atoms. The molecule has 2 rings (SSSR count). The Morgan fingerprint density at radius 1 is 1.30 bits per heavy atom. The van der Waals surface area contributed by atoms with E-state index in [1.54, 1.807) is 0 Å². The third kappa shape index (κ3) is 5.51. The van der Waals surface area contributed by atoms with Crippen LogP contribution < -0.4 is 10.6 Å². The third-order valence-corrected chi connectivity index (χ3v) is 3.78. The summed E-state index contributed by atoms with van der Waals surface area (Å²) >= 11 is 0. The molecule has 1 amide bonds. The molecule has 1 aromatic carbocycles. The number of benzene rings is 1. The molecular formula is C16H25ClN2O. The zero-order chi connectivity index (χ0) is 13.5. The second-order valence-corrected chi connectivity index (χ2v) is 5.27. The molecule has 1 fully saturated rings. The summed E-state index contributed by atoms with van der Waals surface area (Å²) in [6, 6.07) is 9.04. The molecular weight excluding hydrogens is 272 g/mol. The predicted octanol–water partition coefficient (Wildman–Crippen LogP) is 2.47. The van der Waals surface area contributed by atoms with Gasteiger partial charge in [-0.2, -0.15) is 0 Å². The van der Waals surface area contributed by atoms with Crippen LogP contribution in [0.1, 0.15) is 37.3 Å². The van der Waals surface area contributed by atoms with E-state index in [0.717, 1.165) is 25.9 Å². The zero-order valence-corrected chi connectivity index (χ0v) is 13.0. The van der Waals surface area contributed by atoms with Gasteiger partial charge in [-0.05, 0) is 43.4 Å². The average Bonchev–Trinajstić information content (AvgIpc) is 2.96. The van der Waals surface area contributed by atoms with E-state index in [0.29, 0.717) is 12.5 Å². The van der Waals surface area contributed by atoms with Gasteiger partial charge in [0.05, 0.1) is 0 Å². The summed E-state index contributed by atoms with van der Waals surface area (Å²) in [5.74, 6) is 0.160. The smallest absolute Gasteiger partial charge is 0.220 e. The zero-order valence-electron chi connectivity index (χ0n) is 12.2. The largest absolute Gasteiger partial charge is 0.355 e. The molecule has 3 nitrogen and oxygen atoms in total. The van der Waals surface area contributed by atoms with Gasteiger partial charge in [0.2, 0.25) is 5.91 Å². The van der Waals surface area contributed by atoms with Crippen molar-refractivity contribution < 1.29 is 4.79 Å². The van der Waals surface area contributed by atoms with Gasteiger partial charge in [-0.25, -0.2) is 0 Å². The van der Waals surface area contributed by atoms with E-state index >= 15 is 0 Å². The number of carbonyl (C=O) groups excluding carboxylic acids is 1. The van der Waals surface area contributed by atoms with Crippen molar-refractivity contribution in [2.24, 2.45) is 0 Å². The van der Waals surface area contributed by atoms with Gasteiger partial charge >= 0.3 is 0 Å². The van der Waals surface area contributed by atoms with Crippen molar-refractivity contribution in [3.63, 3.8) is 0 Å². The van der Waals surface area contributed by atoms with E-state index in [-0.39, 0.29) is 18.3 Å². The van der Waals surface area contributed by atoms with Crippen LogP contribution in [0.2, 0.25) is 0 Å². The lowest BCUT2D eigenvalue weighted by molar-refractivity contribution is -0.121. The molecule has 0 bridgehead atoms. The van der Waals surface area contributed by atoms with Crippen LogP contribution in [0, 0.1) is 0 Å². The van der Waals surface area contributed by atoms with E-state index in [9.17, 15) is 4.79 Å².